The molecule has 1 aliphatic rings. The van der Waals surface area contributed by atoms with Gasteiger partial charge in [0, 0.05) is 23.9 Å². The number of anilines is 1. The number of hydrogen-bond acceptors (Lipinski definition) is 7. The Morgan fingerprint density at radius 3 is 2.80 bits per heavy atom. The Kier molecular flexibility index (Phi) is 5.81. The van der Waals surface area contributed by atoms with E-state index in [-0.39, 0.29) is 34.3 Å². The summed E-state index contributed by atoms with van der Waals surface area (Å²) in [5.41, 5.74) is 3.25. The molecule has 0 aliphatic carbocycles. The van der Waals surface area contributed by atoms with Crippen molar-refractivity contribution in [2.45, 2.75) is 31.5 Å². The molecule has 4 aromatic rings. The van der Waals surface area contributed by atoms with Gasteiger partial charge >= 0.3 is 0 Å². The molecule has 2 aromatic heterocycles. The molecule has 10 nitrogen and oxygen atoms in total. The second-order valence-corrected chi connectivity index (χ2v) is 9.67. The quantitative estimate of drug-likeness (QED) is 0.239. The Balaban J connectivity index is 1.42. The molecule has 1 atom stereocenters. The maximum Gasteiger partial charge on any atom is 0.289 e. The molecule has 0 spiro atoms. The lowest BCUT2D eigenvalue weighted by Crippen LogP contribution is -2.27. The standard InChI is InChI=1S/C23H19ClN6O4S/c1-12-3-5-15(7-13(12)2)29-21-17(10-25-29)22(32)28-16(11-35-23(28)27-21)9-20(31)26-14-4-6-18(24)19(8-14)30(33)34/h3-8,10,16H,9,11H2,1-2H3,(H,26,31). The molecule has 0 saturated carbocycles. The number of aryl methyl sites for hydroxylation is 2. The van der Waals surface area contributed by atoms with Crippen molar-refractivity contribution >= 4 is 51.7 Å². The molecular weight excluding hydrogens is 492 g/mol. The van der Waals surface area contributed by atoms with Crippen LogP contribution in [0, 0.1) is 24.0 Å². The van der Waals surface area contributed by atoms with Gasteiger partial charge in [-0.3, -0.25) is 24.3 Å². The van der Waals surface area contributed by atoms with Gasteiger partial charge in [-0.1, -0.05) is 29.4 Å². The molecule has 3 heterocycles. The van der Waals surface area contributed by atoms with Crippen molar-refractivity contribution in [1.29, 1.82) is 0 Å². The number of aromatic nitrogens is 4. The van der Waals surface area contributed by atoms with Crippen LogP contribution in [0.1, 0.15) is 23.6 Å². The number of halogens is 1. The first-order chi connectivity index (χ1) is 16.7. The Hall–Kier alpha value is -3.70. The summed E-state index contributed by atoms with van der Waals surface area (Å²) >= 11 is 7.23. The summed E-state index contributed by atoms with van der Waals surface area (Å²) in [7, 11) is 0. The van der Waals surface area contributed by atoms with E-state index in [1.165, 1.54) is 40.7 Å². The molecule has 1 amide bonds. The minimum absolute atomic E-state index is 0.00874. The van der Waals surface area contributed by atoms with Crippen LogP contribution in [0.4, 0.5) is 11.4 Å². The Labute approximate surface area is 208 Å². The smallest absolute Gasteiger partial charge is 0.289 e. The monoisotopic (exact) mass is 510 g/mol. The first-order valence-electron chi connectivity index (χ1n) is 10.7. The van der Waals surface area contributed by atoms with Gasteiger partial charge in [0.05, 0.1) is 22.8 Å². The van der Waals surface area contributed by atoms with Gasteiger partial charge in [0.2, 0.25) is 5.91 Å². The maximum absolute atomic E-state index is 13.3. The normalized spacial score (nSPS) is 14.8. The zero-order valence-electron chi connectivity index (χ0n) is 18.7. The number of nitro groups is 1. The van der Waals surface area contributed by atoms with Gasteiger partial charge in [0.25, 0.3) is 11.2 Å². The SMILES string of the molecule is Cc1ccc(-n2ncc3c(=O)n4c(nc32)SCC4CC(=O)Nc2ccc(Cl)c([N+](=O)[O-])c2)cc1C. The van der Waals surface area contributed by atoms with E-state index in [1.54, 1.807) is 4.68 Å². The fraction of sp³-hybridized carbons (Fsp3) is 0.217. The molecule has 35 heavy (non-hydrogen) atoms. The van der Waals surface area contributed by atoms with E-state index >= 15 is 0 Å². The van der Waals surface area contributed by atoms with Crippen LogP contribution in [0.5, 0.6) is 0 Å². The van der Waals surface area contributed by atoms with Gasteiger partial charge in [0.1, 0.15) is 10.4 Å². The second-order valence-electron chi connectivity index (χ2n) is 8.27. The van der Waals surface area contributed by atoms with Crippen molar-refractivity contribution in [3.05, 3.63) is 79.2 Å². The summed E-state index contributed by atoms with van der Waals surface area (Å²) in [4.78, 5) is 41.2. The molecule has 0 radical (unpaired) electrons. The highest BCUT2D eigenvalue weighted by atomic mass is 35.5. The van der Waals surface area contributed by atoms with E-state index in [2.05, 4.69) is 10.4 Å². The summed E-state index contributed by atoms with van der Waals surface area (Å²) in [5.74, 6) is 0.123. The zero-order valence-corrected chi connectivity index (χ0v) is 20.3. The maximum atomic E-state index is 13.3. The number of carbonyl (C=O) groups is 1. The van der Waals surface area contributed by atoms with Crippen molar-refractivity contribution < 1.29 is 9.72 Å². The van der Waals surface area contributed by atoms with Crippen molar-refractivity contribution in [3.8, 4) is 5.69 Å². The number of amides is 1. The molecular formula is C23H19ClN6O4S. The highest BCUT2D eigenvalue weighted by Gasteiger charge is 2.30. The first kappa shape index (κ1) is 23.1. The fourth-order valence-corrected chi connectivity index (χ4v) is 5.30. The number of nitro benzene ring substituents is 1. The fourth-order valence-electron chi connectivity index (χ4n) is 3.98. The highest BCUT2D eigenvalue weighted by molar-refractivity contribution is 7.99. The summed E-state index contributed by atoms with van der Waals surface area (Å²) in [6.07, 6.45) is 1.51. The molecule has 1 N–H and O–H groups in total. The number of nitrogens with one attached hydrogen (secondary N) is 1. The lowest BCUT2D eigenvalue weighted by atomic mass is 10.1. The highest BCUT2D eigenvalue weighted by Crippen LogP contribution is 2.34. The molecule has 2 aromatic carbocycles. The average Bonchev–Trinajstić information content (AvgIpc) is 3.42. The third kappa shape index (κ3) is 4.17. The lowest BCUT2D eigenvalue weighted by Gasteiger charge is -2.13. The van der Waals surface area contributed by atoms with Gasteiger partial charge in [0.15, 0.2) is 10.8 Å². The van der Waals surface area contributed by atoms with Crippen LogP contribution >= 0.6 is 23.4 Å². The summed E-state index contributed by atoms with van der Waals surface area (Å²) in [6, 6.07) is 9.56. The van der Waals surface area contributed by atoms with Crippen LogP contribution in [-0.2, 0) is 4.79 Å². The molecule has 12 heteroatoms. The van der Waals surface area contributed by atoms with Gasteiger partial charge in [-0.2, -0.15) is 5.10 Å². The Bertz CT molecular complexity index is 1580. The molecule has 0 saturated heterocycles. The summed E-state index contributed by atoms with van der Waals surface area (Å²) in [5, 5.41) is 19.0. The molecule has 0 bridgehead atoms. The Morgan fingerprint density at radius 1 is 1.26 bits per heavy atom. The van der Waals surface area contributed by atoms with Crippen LogP contribution < -0.4 is 10.9 Å². The van der Waals surface area contributed by atoms with E-state index in [9.17, 15) is 19.7 Å². The average molecular weight is 511 g/mol. The van der Waals surface area contributed by atoms with Crippen LogP contribution in [0.15, 0.2) is 52.5 Å². The van der Waals surface area contributed by atoms with Crippen molar-refractivity contribution in [2.75, 3.05) is 11.1 Å². The number of fused-ring (bicyclic) bond motifs is 2. The van der Waals surface area contributed by atoms with E-state index in [4.69, 9.17) is 16.6 Å². The summed E-state index contributed by atoms with van der Waals surface area (Å²) in [6.45, 7) is 4.04. The van der Waals surface area contributed by atoms with Gasteiger partial charge in [-0.15, -0.1) is 0 Å². The molecule has 1 unspecified atom stereocenters. The number of nitrogens with zero attached hydrogens (tertiary/aromatic N) is 5. The summed E-state index contributed by atoms with van der Waals surface area (Å²) < 4.78 is 3.18. The van der Waals surface area contributed by atoms with Gasteiger partial charge in [-0.25, -0.2) is 9.67 Å². The number of rotatable bonds is 5. The molecule has 178 valence electrons. The van der Waals surface area contributed by atoms with E-state index in [1.807, 2.05) is 32.0 Å². The van der Waals surface area contributed by atoms with E-state index in [0.29, 0.717) is 21.9 Å². The number of benzene rings is 2. The lowest BCUT2D eigenvalue weighted by molar-refractivity contribution is -0.384. The van der Waals surface area contributed by atoms with Crippen molar-refractivity contribution in [2.24, 2.45) is 0 Å². The van der Waals surface area contributed by atoms with E-state index in [0.717, 1.165) is 16.8 Å². The predicted octanol–water partition coefficient (Wildman–Crippen LogP) is 4.44. The Morgan fingerprint density at radius 2 is 2.06 bits per heavy atom. The van der Waals surface area contributed by atoms with Gasteiger partial charge in [-0.05, 0) is 49.2 Å². The topological polar surface area (TPSA) is 125 Å². The molecule has 5 rings (SSSR count). The predicted molar refractivity (Wildman–Crippen MR) is 134 cm³/mol. The van der Waals surface area contributed by atoms with Crippen molar-refractivity contribution in [3.63, 3.8) is 0 Å². The largest absolute Gasteiger partial charge is 0.326 e. The number of hydrogen-bond donors (Lipinski definition) is 1. The molecule has 1 aliphatic heterocycles. The second kappa shape index (κ2) is 8.82. The van der Waals surface area contributed by atoms with E-state index < -0.39 is 11.0 Å². The first-order valence-corrected chi connectivity index (χ1v) is 12.0. The number of thioether (sulfide) groups is 1. The third-order valence-corrected chi connectivity index (χ3v) is 7.37. The van der Waals surface area contributed by atoms with Crippen LogP contribution in [0.3, 0.4) is 0 Å². The zero-order chi connectivity index (χ0) is 24.9. The van der Waals surface area contributed by atoms with Crippen molar-refractivity contribution in [1.82, 2.24) is 19.3 Å². The van der Waals surface area contributed by atoms with Gasteiger partial charge < -0.3 is 5.32 Å². The minimum Gasteiger partial charge on any atom is -0.326 e. The number of carbonyl (C=O) groups excluding carboxylic acids is 1. The minimum atomic E-state index is -0.615. The van der Waals surface area contributed by atoms with Crippen LogP contribution in [0.25, 0.3) is 16.7 Å². The third-order valence-electron chi connectivity index (χ3n) is 5.95. The van der Waals surface area contributed by atoms with Crippen LogP contribution in [0.2, 0.25) is 5.02 Å². The van der Waals surface area contributed by atoms with Crippen LogP contribution in [-0.4, -0.2) is 35.9 Å². The molecule has 0 fully saturated rings.